The van der Waals surface area contributed by atoms with Gasteiger partial charge in [0.05, 0.1) is 6.67 Å². The van der Waals surface area contributed by atoms with E-state index in [0.29, 0.717) is 18.3 Å². The highest BCUT2D eigenvalue weighted by molar-refractivity contribution is 5.22. The molecular weight excluding hydrogens is 321 g/mol. The smallest absolute Gasteiger partial charge is 0.159 e. The summed E-state index contributed by atoms with van der Waals surface area (Å²) in [7, 11) is 0. The van der Waals surface area contributed by atoms with Gasteiger partial charge in [-0.1, -0.05) is 18.2 Å². The van der Waals surface area contributed by atoms with Crippen LogP contribution in [0.25, 0.3) is 0 Å². The highest BCUT2D eigenvalue weighted by Gasteiger charge is 2.30. The number of hydrogen-bond acceptors (Lipinski definition) is 0. The van der Waals surface area contributed by atoms with E-state index in [0.717, 1.165) is 30.2 Å². The molecule has 0 spiro atoms. The molecule has 25 heavy (non-hydrogen) atoms. The third-order valence-corrected chi connectivity index (χ3v) is 6.35. The molecule has 0 bridgehead atoms. The van der Waals surface area contributed by atoms with Crippen LogP contribution >= 0.6 is 0 Å². The lowest BCUT2D eigenvalue weighted by atomic mass is 9.68. The Morgan fingerprint density at radius 3 is 2.08 bits per heavy atom. The zero-order valence-corrected chi connectivity index (χ0v) is 14.9. The van der Waals surface area contributed by atoms with Gasteiger partial charge in [-0.15, -0.1) is 0 Å². The van der Waals surface area contributed by atoms with Crippen LogP contribution in [0.2, 0.25) is 0 Å². The quantitative estimate of drug-likeness (QED) is 0.503. The Morgan fingerprint density at radius 2 is 1.48 bits per heavy atom. The van der Waals surface area contributed by atoms with Gasteiger partial charge in [0.25, 0.3) is 0 Å². The van der Waals surface area contributed by atoms with Crippen LogP contribution in [0.4, 0.5) is 13.2 Å². The molecule has 0 heterocycles. The third-order valence-electron chi connectivity index (χ3n) is 6.35. The third kappa shape index (κ3) is 4.89. The normalized spacial score (nSPS) is 30.7. The molecule has 0 saturated heterocycles. The van der Waals surface area contributed by atoms with Gasteiger partial charge in [0.1, 0.15) is 0 Å². The second-order valence-electron chi connectivity index (χ2n) is 7.87. The van der Waals surface area contributed by atoms with Crippen LogP contribution in [0.5, 0.6) is 0 Å². The fraction of sp³-hybridized carbons (Fsp3) is 0.636. The van der Waals surface area contributed by atoms with Crippen LogP contribution in [0.1, 0.15) is 69.3 Å². The van der Waals surface area contributed by atoms with Gasteiger partial charge >= 0.3 is 0 Å². The number of alkyl halides is 1. The molecule has 0 N–H and O–H groups in total. The first-order valence-electron chi connectivity index (χ1n) is 9.85. The van der Waals surface area contributed by atoms with E-state index < -0.39 is 11.6 Å². The molecule has 0 amide bonds. The summed E-state index contributed by atoms with van der Waals surface area (Å²) in [6, 6.07) is 4.39. The Labute approximate surface area is 149 Å². The van der Waals surface area contributed by atoms with Crippen molar-refractivity contribution in [2.45, 2.75) is 63.7 Å². The van der Waals surface area contributed by atoms with Gasteiger partial charge in [0.2, 0.25) is 0 Å². The second-order valence-corrected chi connectivity index (χ2v) is 7.87. The van der Waals surface area contributed by atoms with E-state index in [1.807, 2.05) is 6.08 Å². The van der Waals surface area contributed by atoms with Gasteiger partial charge < -0.3 is 0 Å². The monoisotopic (exact) mass is 350 g/mol. The molecule has 2 aliphatic rings. The minimum Gasteiger partial charge on any atom is -0.251 e. The molecule has 0 unspecified atom stereocenters. The number of hydrogen-bond donors (Lipinski definition) is 0. The summed E-state index contributed by atoms with van der Waals surface area (Å²) in [5.41, 5.74) is 0.957. The number of halogens is 3. The summed E-state index contributed by atoms with van der Waals surface area (Å²) in [5, 5.41) is 0. The van der Waals surface area contributed by atoms with Crippen LogP contribution in [-0.4, -0.2) is 6.67 Å². The zero-order valence-electron chi connectivity index (χ0n) is 14.9. The first-order valence-corrected chi connectivity index (χ1v) is 9.85. The fourth-order valence-corrected chi connectivity index (χ4v) is 4.85. The molecule has 0 aromatic heterocycles. The fourth-order valence-electron chi connectivity index (χ4n) is 4.85. The molecule has 1 aromatic carbocycles. The molecule has 138 valence electrons. The predicted molar refractivity (Wildman–Crippen MR) is 96.2 cm³/mol. The maximum atomic E-state index is 13.4. The average molecular weight is 350 g/mol. The first-order chi connectivity index (χ1) is 12.2. The molecule has 0 nitrogen and oxygen atoms in total. The van der Waals surface area contributed by atoms with E-state index in [1.165, 1.54) is 50.7 Å². The molecule has 3 heteroatoms. The topological polar surface area (TPSA) is 0 Å². The minimum atomic E-state index is -0.755. The Balaban J connectivity index is 1.46. The maximum Gasteiger partial charge on any atom is 0.159 e. The van der Waals surface area contributed by atoms with Crippen molar-refractivity contribution in [1.82, 2.24) is 0 Å². The highest BCUT2D eigenvalue weighted by Crippen LogP contribution is 2.44. The summed E-state index contributed by atoms with van der Waals surface area (Å²) in [6.07, 6.45) is 14.4. The summed E-state index contributed by atoms with van der Waals surface area (Å²) < 4.78 is 38.7. The summed E-state index contributed by atoms with van der Waals surface area (Å²) in [6.45, 7) is -0.257. The molecule has 1 aromatic rings. The van der Waals surface area contributed by atoms with E-state index in [-0.39, 0.29) is 6.67 Å². The number of allylic oxidation sites excluding steroid dienone is 2. The van der Waals surface area contributed by atoms with Crippen molar-refractivity contribution in [1.29, 1.82) is 0 Å². The van der Waals surface area contributed by atoms with Crippen molar-refractivity contribution in [2.75, 3.05) is 6.67 Å². The standard InChI is InChI=1S/C22H29F3/c23-14-2-1-3-16-4-6-17(7-5-16)18-8-10-19(11-9-18)20-12-13-21(24)22(25)15-20/h1,3,12-13,15-19H,2,4-11,14H2/b3-1+. The van der Waals surface area contributed by atoms with Crippen molar-refractivity contribution in [3.8, 4) is 0 Å². The van der Waals surface area contributed by atoms with Crippen LogP contribution in [0.3, 0.4) is 0 Å². The van der Waals surface area contributed by atoms with E-state index >= 15 is 0 Å². The first kappa shape index (κ1) is 18.5. The van der Waals surface area contributed by atoms with E-state index in [2.05, 4.69) is 6.08 Å². The Bertz CT molecular complexity index is 565. The second kappa shape index (κ2) is 8.91. The molecule has 2 aliphatic carbocycles. The van der Waals surface area contributed by atoms with Crippen LogP contribution in [-0.2, 0) is 0 Å². The molecule has 0 radical (unpaired) electrons. The van der Waals surface area contributed by atoms with Gasteiger partial charge in [-0.3, -0.25) is 4.39 Å². The average Bonchev–Trinajstić information content (AvgIpc) is 2.65. The van der Waals surface area contributed by atoms with Crippen molar-refractivity contribution in [2.24, 2.45) is 17.8 Å². The Morgan fingerprint density at radius 1 is 0.840 bits per heavy atom. The predicted octanol–water partition coefficient (Wildman–Crippen LogP) is 6.96. The van der Waals surface area contributed by atoms with Crippen molar-refractivity contribution in [3.05, 3.63) is 47.5 Å². The van der Waals surface area contributed by atoms with Crippen LogP contribution in [0, 0.1) is 29.4 Å². The van der Waals surface area contributed by atoms with E-state index in [1.54, 1.807) is 6.07 Å². The number of rotatable bonds is 5. The van der Waals surface area contributed by atoms with Gasteiger partial charge in [-0.25, -0.2) is 8.78 Å². The minimum absolute atomic E-state index is 0.257. The molecule has 3 rings (SSSR count). The molecular formula is C22H29F3. The number of benzene rings is 1. The lowest BCUT2D eigenvalue weighted by Gasteiger charge is -2.37. The largest absolute Gasteiger partial charge is 0.251 e. The molecule has 0 aliphatic heterocycles. The molecule has 2 fully saturated rings. The summed E-state index contributed by atoms with van der Waals surface area (Å²) in [4.78, 5) is 0. The summed E-state index contributed by atoms with van der Waals surface area (Å²) >= 11 is 0. The van der Waals surface area contributed by atoms with E-state index in [4.69, 9.17) is 0 Å². The van der Waals surface area contributed by atoms with E-state index in [9.17, 15) is 13.2 Å². The van der Waals surface area contributed by atoms with Crippen molar-refractivity contribution in [3.63, 3.8) is 0 Å². The molecule has 2 saturated carbocycles. The maximum absolute atomic E-state index is 13.4. The van der Waals surface area contributed by atoms with Gasteiger partial charge in [0, 0.05) is 0 Å². The lowest BCUT2D eigenvalue weighted by molar-refractivity contribution is 0.171. The SMILES string of the molecule is FCC/C=C/C1CCC(C2CCC(c3ccc(F)c(F)c3)CC2)CC1. The van der Waals surface area contributed by atoms with Crippen LogP contribution < -0.4 is 0 Å². The van der Waals surface area contributed by atoms with Crippen LogP contribution in [0.15, 0.2) is 30.4 Å². The van der Waals surface area contributed by atoms with Gasteiger partial charge in [-0.05, 0) is 99.2 Å². The van der Waals surface area contributed by atoms with Crippen molar-refractivity contribution >= 4 is 0 Å². The van der Waals surface area contributed by atoms with Crippen molar-refractivity contribution < 1.29 is 13.2 Å². The Kier molecular flexibility index (Phi) is 6.61. The Hall–Kier alpha value is -1.25. The van der Waals surface area contributed by atoms with Gasteiger partial charge in [0.15, 0.2) is 11.6 Å². The lowest BCUT2D eigenvalue weighted by Crippen LogP contribution is -2.25. The summed E-state index contributed by atoms with van der Waals surface area (Å²) in [5.74, 6) is 1.15. The molecule has 0 atom stereocenters. The zero-order chi connectivity index (χ0) is 17.6. The highest BCUT2D eigenvalue weighted by atomic mass is 19.2. The van der Waals surface area contributed by atoms with Gasteiger partial charge in [-0.2, -0.15) is 0 Å².